The van der Waals surface area contributed by atoms with E-state index in [1.54, 1.807) is 11.8 Å². The Labute approximate surface area is 139 Å². The molecule has 2 aromatic heterocycles. The Hall–Kier alpha value is -3.05. The van der Waals surface area contributed by atoms with Gasteiger partial charge in [0.05, 0.1) is 24.4 Å². The number of nitrogens with two attached hydrogens (primary N) is 1. The zero-order valence-electron chi connectivity index (χ0n) is 13.2. The van der Waals surface area contributed by atoms with Gasteiger partial charge in [-0.15, -0.1) is 5.10 Å². The second-order valence-electron chi connectivity index (χ2n) is 5.54. The van der Waals surface area contributed by atoms with E-state index in [2.05, 4.69) is 5.10 Å². The summed E-state index contributed by atoms with van der Waals surface area (Å²) >= 11 is 0. The molecule has 5 nitrogen and oxygen atoms in total. The Morgan fingerprint density at radius 3 is 2.58 bits per heavy atom. The van der Waals surface area contributed by atoms with Crippen molar-refractivity contribution in [2.75, 3.05) is 7.11 Å². The lowest BCUT2D eigenvalue weighted by atomic mass is 10.1. The summed E-state index contributed by atoms with van der Waals surface area (Å²) in [6.45, 7) is 0. The zero-order chi connectivity index (χ0) is 16.5. The van der Waals surface area contributed by atoms with E-state index in [9.17, 15) is 0 Å². The van der Waals surface area contributed by atoms with Crippen molar-refractivity contribution in [1.29, 1.82) is 0 Å². The van der Waals surface area contributed by atoms with Crippen LogP contribution in [0.25, 0.3) is 16.7 Å². The van der Waals surface area contributed by atoms with Gasteiger partial charge in [0.1, 0.15) is 11.3 Å². The Morgan fingerprint density at radius 2 is 1.83 bits per heavy atom. The molecule has 0 fully saturated rings. The van der Waals surface area contributed by atoms with Crippen molar-refractivity contribution in [1.82, 2.24) is 9.78 Å². The number of rotatable bonds is 4. The van der Waals surface area contributed by atoms with Crippen LogP contribution in [0.15, 0.2) is 71.3 Å². The minimum atomic E-state index is -0.454. The van der Waals surface area contributed by atoms with Crippen LogP contribution in [0.2, 0.25) is 0 Å². The third-order valence-electron chi connectivity index (χ3n) is 4.01. The maximum absolute atomic E-state index is 6.42. The fourth-order valence-corrected chi connectivity index (χ4v) is 2.77. The van der Waals surface area contributed by atoms with Gasteiger partial charge in [0.15, 0.2) is 0 Å². The molecule has 0 saturated carbocycles. The topological polar surface area (TPSA) is 66.2 Å². The second-order valence-corrected chi connectivity index (χ2v) is 5.54. The van der Waals surface area contributed by atoms with Gasteiger partial charge in [-0.05, 0) is 24.3 Å². The number of furan rings is 1. The third-order valence-corrected chi connectivity index (χ3v) is 4.01. The van der Waals surface area contributed by atoms with Crippen LogP contribution >= 0.6 is 0 Å². The van der Waals surface area contributed by atoms with Crippen LogP contribution in [0.3, 0.4) is 0 Å². The van der Waals surface area contributed by atoms with Gasteiger partial charge in [0, 0.05) is 11.6 Å². The highest BCUT2D eigenvalue weighted by atomic mass is 16.5. The second kappa shape index (κ2) is 5.86. The lowest BCUT2D eigenvalue weighted by Crippen LogP contribution is -2.11. The third kappa shape index (κ3) is 2.45. The average Bonchev–Trinajstić information content (AvgIpc) is 3.26. The van der Waals surface area contributed by atoms with E-state index in [1.165, 1.54) is 0 Å². The van der Waals surface area contributed by atoms with Gasteiger partial charge >= 0.3 is 0 Å². The standard InChI is InChI=1S/C19H17N3O2/c1-23-19-15(12-22(21-19)14-8-3-2-4-9-14)18(20)17-11-13-7-5-6-10-16(13)24-17/h2-12,18H,20H2,1H3. The molecule has 2 N–H and O–H groups in total. The zero-order valence-corrected chi connectivity index (χ0v) is 13.2. The molecule has 2 heterocycles. The summed E-state index contributed by atoms with van der Waals surface area (Å²) in [7, 11) is 1.59. The van der Waals surface area contributed by atoms with Crippen LogP contribution in [0.4, 0.5) is 0 Å². The molecule has 24 heavy (non-hydrogen) atoms. The Morgan fingerprint density at radius 1 is 1.08 bits per heavy atom. The summed E-state index contributed by atoms with van der Waals surface area (Å²) in [6.07, 6.45) is 1.88. The molecular weight excluding hydrogens is 302 g/mol. The van der Waals surface area contributed by atoms with Gasteiger partial charge in [0.2, 0.25) is 5.88 Å². The van der Waals surface area contributed by atoms with Gasteiger partial charge in [-0.3, -0.25) is 0 Å². The van der Waals surface area contributed by atoms with E-state index in [4.69, 9.17) is 14.9 Å². The number of fused-ring (bicyclic) bond motifs is 1. The summed E-state index contributed by atoms with van der Waals surface area (Å²) in [5, 5.41) is 5.50. The van der Waals surface area contributed by atoms with E-state index in [0.717, 1.165) is 22.2 Å². The predicted molar refractivity (Wildman–Crippen MR) is 92.4 cm³/mol. The summed E-state index contributed by atoms with van der Waals surface area (Å²) in [5.41, 5.74) is 8.96. The first-order valence-corrected chi connectivity index (χ1v) is 7.69. The van der Waals surface area contributed by atoms with Crippen LogP contribution in [0.1, 0.15) is 17.4 Å². The maximum Gasteiger partial charge on any atom is 0.238 e. The van der Waals surface area contributed by atoms with Crippen LogP contribution in [-0.4, -0.2) is 16.9 Å². The first-order chi connectivity index (χ1) is 11.8. The molecule has 0 aliphatic rings. The molecule has 1 unspecified atom stereocenters. The largest absolute Gasteiger partial charge is 0.480 e. The summed E-state index contributed by atoms with van der Waals surface area (Å²) < 4.78 is 13.1. The van der Waals surface area contributed by atoms with Gasteiger partial charge < -0.3 is 14.9 Å². The molecule has 120 valence electrons. The number of hydrogen-bond acceptors (Lipinski definition) is 4. The van der Waals surface area contributed by atoms with Crippen molar-refractivity contribution in [3.05, 3.63) is 78.2 Å². The van der Waals surface area contributed by atoms with E-state index >= 15 is 0 Å². The minimum absolute atomic E-state index is 0.454. The number of aromatic nitrogens is 2. The lowest BCUT2D eigenvalue weighted by molar-refractivity contribution is 0.386. The van der Waals surface area contributed by atoms with Crippen LogP contribution in [0, 0.1) is 0 Å². The number of ether oxygens (including phenoxy) is 1. The van der Waals surface area contributed by atoms with Gasteiger partial charge in [-0.25, -0.2) is 4.68 Å². The number of benzene rings is 2. The molecule has 4 aromatic rings. The van der Waals surface area contributed by atoms with Crippen molar-refractivity contribution in [3.8, 4) is 11.6 Å². The van der Waals surface area contributed by atoms with E-state index in [0.29, 0.717) is 11.6 Å². The fraction of sp³-hybridized carbons (Fsp3) is 0.105. The summed E-state index contributed by atoms with van der Waals surface area (Å²) in [5.74, 6) is 1.17. The monoisotopic (exact) mass is 319 g/mol. The smallest absolute Gasteiger partial charge is 0.238 e. The van der Waals surface area contributed by atoms with Crippen molar-refractivity contribution < 1.29 is 9.15 Å². The molecule has 0 bridgehead atoms. The van der Waals surface area contributed by atoms with Crippen LogP contribution in [0.5, 0.6) is 5.88 Å². The highest BCUT2D eigenvalue weighted by Crippen LogP contribution is 2.31. The molecule has 0 aliphatic carbocycles. The molecule has 0 saturated heterocycles. The van der Waals surface area contributed by atoms with E-state index in [1.807, 2.05) is 66.9 Å². The Balaban J connectivity index is 1.76. The van der Waals surface area contributed by atoms with Crippen molar-refractivity contribution in [3.63, 3.8) is 0 Å². The number of para-hydroxylation sites is 2. The van der Waals surface area contributed by atoms with Crippen molar-refractivity contribution in [2.45, 2.75) is 6.04 Å². The first-order valence-electron chi connectivity index (χ1n) is 7.69. The molecule has 2 aromatic carbocycles. The molecule has 4 rings (SSSR count). The maximum atomic E-state index is 6.42. The number of methoxy groups -OCH3 is 1. The molecule has 0 spiro atoms. The average molecular weight is 319 g/mol. The SMILES string of the molecule is COc1nn(-c2ccccc2)cc1C(N)c1cc2ccccc2o1. The molecule has 1 atom stereocenters. The van der Waals surface area contributed by atoms with Gasteiger partial charge in [0.25, 0.3) is 0 Å². The summed E-state index contributed by atoms with van der Waals surface area (Å²) in [6, 6.07) is 19.2. The molecule has 5 heteroatoms. The van der Waals surface area contributed by atoms with Gasteiger partial charge in [-0.2, -0.15) is 0 Å². The quantitative estimate of drug-likeness (QED) is 0.623. The number of hydrogen-bond donors (Lipinski definition) is 1. The first kappa shape index (κ1) is 14.5. The van der Waals surface area contributed by atoms with E-state index < -0.39 is 6.04 Å². The lowest BCUT2D eigenvalue weighted by Gasteiger charge is -2.07. The minimum Gasteiger partial charge on any atom is -0.480 e. The highest BCUT2D eigenvalue weighted by molar-refractivity contribution is 5.78. The number of nitrogens with zero attached hydrogens (tertiary/aromatic N) is 2. The Kier molecular flexibility index (Phi) is 3.55. The molecule has 0 amide bonds. The molecule has 0 radical (unpaired) electrons. The summed E-state index contributed by atoms with van der Waals surface area (Å²) in [4.78, 5) is 0. The molecule has 0 aliphatic heterocycles. The fourth-order valence-electron chi connectivity index (χ4n) is 2.77. The Bertz CT molecular complexity index is 940. The highest BCUT2D eigenvalue weighted by Gasteiger charge is 2.22. The van der Waals surface area contributed by atoms with Crippen molar-refractivity contribution >= 4 is 11.0 Å². The van der Waals surface area contributed by atoms with Gasteiger partial charge in [-0.1, -0.05) is 36.4 Å². The van der Waals surface area contributed by atoms with Crippen molar-refractivity contribution in [2.24, 2.45) is 5.73 Å². The van der Waals surface area contributed by atoms with Crippen LogP contribution in [-0.2, 0) is 0 Å². The van der Waals surface area contributed by atoms with E-state index in [-0.39, 0.29) is 0 Å². The molecular formula is C19H17N3O2. The normalized spacial score (nSPS) is 12.4. The van der Waals surface area contributed by atoms with Crippen LogP contribution < -0.4 is 10.5 Å². The predicted octanol–water partition coefficient (Wildman–Crippen LogP) is 3.68.